The lowest BCUT2D eigenvalue weighted by atomic mass is 9.90. The van der Waals surface area contributed by atoms with Crippen molar-refractivity contribution in [1.29, 1.82) is 0 Å². The highest BCUT2D eigenvalue weighted by Gasteiger charge is 2.21. The van der Waals surface area contributed by atoms with Crippen LogP contribution in [-0.2, 0) is 6.42 Å². The third-order valence-electron chi connectivity index (χ3n) is 6.73. The lowest BCUT2D eigenvalue weighted by Gasteiger charge is -2.32. The average Bonchev–Trinajstić information content (AvgIpc) is 2.89. The van der Waals surface area contributed by atoms with Crippen LogP contribution in [0.15, 0.2) is 78.9 Å². The van der Waals surface area contributed by atoms with Gasteiger partial charge in [0.2, 0.25) is 5.91 Å². The maximum Gasteiger partial charge on any atom is 0.326 e. The number of rotatable bonds is 9. The molecule has 7 heteroatoms. The molecule has 3 amide bonds. The molecule has 1 aliphatic rings. The summed E-state index contributed by atoms with van der Waals surface area (Å²) in [6.07, 6.45) is 4.22. The number of hydrogen-bond acceptors (Lipinski definition) is 3. The molecular weight excluding hydrogens is 472 g/mol. The van der Waals surface area contributed by atoms with E-state index in [2.05, 4.69) is 10.2 Å². The van der Waals surface area contributed by atoms with Crippen molar-refractivity contribution in [2.24, 2.45) is 11.7 Å². The average molecular weight is 505 g/mol. The number of carbonyl (C=O) groups is 2. The van der Waals surface area contributed by atoms with Gasteiger partial charge in [-0.25, -0.2) is 4.79 Å². The van der Waals surface area contributed by atoms with Crippen molar-refractivity contribution in [1.82, 2.24) is 4.90 Å². The molecule has 1 aliphatic heterocycles. The van der Waals surface area contributed by atoms with Crippen LogP contribution in [0, 0.1) is 5.92 Å². The van der Waals surface area contributed by atoms with Crippen LogP contribution in [0.1, 0.15) is 35.2 Å². The van der Waals surface area contributed by atoms with E-state index in [0.717, 1.165) is 56.7 Å². The van der Waals surface area contributed by atoms with Gasteiger partial charge in [0.25, 0.3) is 0 Å². The van der Waals surface area contributed by atoms with Crippen molar-refractivity contribution >= 4 is 34.9 Å². The number of urea groups is 1. The van der Waals surface area contributed by atoms with E-state index in [4.69, 9.17) is 17.3 Å². The minimum atomic E-state index is -0.386. The molecule has 188 valence electrons. The molecule has 36 heavy (non-hydrogen) atoms. The molecule has 0 saturated carbocycles. The Morgan fingerprint density at radius 3 is 2.25 bits per heavy atom. The van der Waals surface area contributed by atoms with Gasteiger partial charge in [-0.2, -0.15) is 0 Å². The van der Waals surface area contributed by atoms with Crippen molar-refractivity contribution in [2.75, 3.05) is 36.4 Å². The number of halogens is 1. The highest BCUT2D eigenvalue weighted by molar-refractivity contribution is 6.30. The first kappa shape index (κ1) is 25.7. The monoisotopic (exact) mass is 504 g/mol. The number of piperidine rings is 1. The van der Waals surface area contributed by atoms with E-state index in [1.807, 2.05) is 54.6 Å². The number of benzene rings is 3. The summed E-state index contributed by atoms with van der Waals surface area (Å²) in [5, 5.41) is 3.62. The van der Waals surface area contributed by atoms with Gasteiger partial charge in [-0.15, -0.1) is 0 Å². The molecule has 1 fully saturated rings. The number of carbonyl (C=O) groups excluding carboxylic acids is 2. The molecule has 0 radical (unpaired) electrons. The Morgan fingerprint density at radius 2 is 1.61 bits per heavy atom. The summed E-state index contributed by atoms with van der Waals surface area (Å²) in [6, 6.07) is 24.4. The van der Waals surface area contributed by atoms with Crippen LogP contribution in [0.2, 0.25) is 5.02 Å². The first-order chi connectivity index (χ1) is 17.5. The van der Waals surface area contributed by atoms with E-state index in [-0.39, 0.29) is 11.9 Å². The first-order valence-corrected chi connectivity index (χ1v) is 12.9. The number of nitrogens with zero attached hydrogens (tertiary/aromatic N) is 2. The predicted octanol–water partition coefficient (Wildman–Crippen LogP) is 5.82. The molecular formula is C29H33ClN4O2. The Hall–Kier alpha value is -3.35. The zero-order chi connectivity index (χ0) is 25.3. The molecule has 0 aliphatic carbocycles. The highest BCUT2D eigenvalue weighted by atomic mass is 35.5. The molecule has 3 aromatic rings. The minimum Gasteiger partial charge on any atom is -0.366 e. The van der Waals surface area contributed by atoms with Gasteiger partial charge in [0.15, 0.2) is 0 Å². The molecule has 0 atom stereocenters. The van der Waals surface area contributed by atoms with Crippen LogP contribution in [0.4, 0.5) is 16.2 Å². The summed E-state index contributed by atoms with van der Waals surface area (Å²) in [6.45, 7) is 3.71. The van der Waals surface area contributed by atoms with Crippen molar-refractivity contribution in [3.05, 3.63) is 95.0 Å². The number of nitrogens with two attached hydrogens (primary N) is 1. The number of hydrogen-bond donors (Lipinski definition) is 2. The normalized spacial score (nSPS) is 14.4. The smallest absolute Gasteiger partial charge is 0.326 e. The lowest BCUT2D eigenvalue weighted by molar-refractivity contribution is 0.1000. The number of likely N-dealkylation sites (tertiary alicyclic amines) is 1. The second-order valence-corrected chi connectivity index (χ2v) is 9.76. The SMILES string of the molecule is NC(=O)c1ccc(CC2CCN(CCCN(C(=O)Nc3ccc(Cl)cc3)c3ccccc3)CC2)cc1. The lowest BCUT2D eigenvalue weighted by Crippen LogP contribution is -2.39. The molecule has 3 aromatic carbocycles. The van der Waals surface area contributed by atoms with Gasteiger partial charge in [0, 0.05) is 28.5 Å². The van der Waals surface area contributed by atoms with Crippen LogP contribution < -0.4 is 16.0 Å². The van der Waals surface area contributed by atoms with E-state index in [0.29, 0.717) is 23.0 Å². The quantitative estimate of drug-likeness (QED) is 0.385. The number of amides is 3. The summed E-state index contributed by atoms with van der Waals surface area (Å²) in [5.41, 5.74) is 8.74. The van der Waals surface area contributed by atoms with Crippen LogP contribution in [0.5, 0.6) is 0 Å². The zero-order valence-corrected chi connectivity index (χ0v) is 21.2. The van der Waals surface area contributed by atoms with Gasteiger partial charge in [0.05, 0.1) is 0 Å². The van der Waals surface area contributed by atoms with Crippen LogP contribution in [-0.4, -0.2) is 43.0 Å². The molecule has 1 saturated heterocycles. The van der Waals surface area contributed by atoms with E-state index in [1.165, 1.54) is 5.56 Å². The summed E-state index contributed by atoms with van der Waals surface area (Å²) in [4.78, 5) is 28.7. The Kier molecular flexibility index (Phi) is 8.98. The van der Waals surface area contributed by atoms with E-state index in [1.54, 1.807) is 29.2 Å². The van der Waals surface area contributed by atoms with E-state index >= 15 is 0 Å². The molecule has 0 unspecified atom stereocenters. The van der Waals surface area contributed by atoms with Crippen LogP contribution in [0.3, 0.4) is 0 Å². The number of anilines is 2. The second-order valence-electron chi connectivity index (χ2n) is 9.33. The Bertz CT molecular complexity index is 1130. The fourth-order valence-corrected chi connectivity index (χ4v) is 4.81. The van der Waals surface area contributed by atoms with Gasteiger partial charge >= 0.3 is 6.03 Å². The van der Waals surface area contributed by atoms with Crippen molar-refractivity contribution in [3.8, 4) is 0 Å². The maximum absolute atomic E-state index is 13.1. The molecule has 3 N–H and O–H groups in total. The standard InChI is InChI=1S/C29H33ClN4O2/c30-25-11-13-26(14-12-25)32-29(36)34(27-5-2-1-3-6-27)18-4-17-33-19-15-23(16-20-33)21-22-7-9-24(10-8-22)28(31)35/h1-3,5-14,23H,4,15-21H2,(H2,31,35)(H,32,36). The molecule has 0 aromatic heterocycles. The third kappa shape index (κ3) is 7.33. The summed E-state index contributed by atoms with van der Waals surface area (Å²) in [5.74, 6) is 0.259. The number of primary amides is 1. The zero-order valence-electron chi connectivity index (χ0n) is 20.4. The van der Waals surface area contributed by atoms with Crippen molar-refractivity contribution < 1.29 is 9.59 Å². The fourth-order valence-electron chi connectivity index (χ4n) is 4.69. The Labute approximate surface area is 218 Å². The predicted molar refractivity (Wildman–Crippen MR) is 147 cm³/mol. The second kappa shape index (κ2) is 12.6. The van der Waals surface area contributed by atoms with Crippen molar-refractivity contribution in [2.45, 2.75) is 25.7 Å². The van der Waals surface area contributed by atoms with Gasteiger partial charge in [0.1, 0.15) is 0 Å². The third-order valence-corrected chi connectivity index (χ3v) is 6.99. The molecule has 1 heterocycles. The summed E-state index contributed by atoms with van der Waals surface area (Å²) in [7, 11) is 0. The fraction of sp³-hybridized carbons (Fsp3) is 0.310. The summed E-state index contributed by atoms with van der Waals surface area (Å²) < 4.78 is 0. The number of para-hydroxylation sites is 1. The molecule has 0 bridgehead atoms. The van der Waals surface area contributed by atoms with E-state index in [9.17, 15) is 9.59 Å². The number of nitrogens with one attached hydrogen (secondary N) is 1. The highest BCUT2D eigenvalue weighted by Crippen LogP contribution is 2.23. The molecule has 6 nitrogen and oxygen atoms in total. The topological polar surface area (TPSA) is 78.7 Å². The van der Waals surface area contributed by atoms with Gasteiger partial charge < -0.3 is 16.0 Å². The molecule has 0 spiro atoms. The minimum absolute atomic E-state index is 0.149. The first-order valence-electron chi connectivity index (χ1n) is 12.5. The largest absolute Gasteiger partial charge is 0.366 e. The summed E-state index contributed by atoms with van der Waals surface area (Å²) >= 11 is 5.97. The maximum atomic E-state index is 13.1. The molecule has 4 rings (SSSR count). The van der Waals surface area contributed by atoms with Gasteiger partial charge in [-0.1, -0.05) is 41.9 Å². The Morgan fingerprint density at radius 1 is 0.944 bits per heavy atom. The van der Waals surface area contributed by atoms with Crippen molar-refractivity contribution in [3.63, 3.8) is 0 Å². The van der Waals surface area contributed by atoms with Crippen LogP contribution >= 0.6 is 11.6 Å². The van der Waals surface area contributed by atoms with E-state index < -0.39 is 0 Å². The van der Waals surface area contributed by atoms with Crippen LogP contribution in [0.25, 0.3) is 0 Å². The van der Waals surface area contributed by atoms with Gasteiger partial charge in [-0.3, -0.25) is 9.69 Å². The van der Waals surface area contributed by atoms with Gasteiger partial charge in [-0.05, 0) is 105 Å². The Balaban J connectivity index is 1.26.